The highest BCUT2D eigenvalue weighted by Gasteiger charge is 2.08. The molecule has 0 atom stereocenters. The molecule has 1 heteroatoms. The lowest BCUT2D eigenvalue weighted by Gasteiger charge is -2.17. The third-order valence-corrected chi connectivity index (χ3v) is 1.93. The Morgan fingerprint density at radius 3 is 2.33 bits per heavy atom. The molecule has 0 aliphatic carbocycles. The number of allylic oxidation sites excluding steroid dienone is 1. The topological polar surface area (TPSA) is 26.0 Å². The van der Waals surface area contributed by atoms with Crippen molar-refractivity contribution in [3.05, 3.63) is 11.6 Å². The first-order chi connectivity index (χ1) is 5.45. The van der Waals surface area contributed by atoms with Gasteiger partial charge in [-0.05, 0) is 38.1 Å². The van der Waals surface area contributed by atoms with E-state index in [1.54, 1.807) is 0 Å². The Balaban J connectivity index is 3.63. The molecule has 72 valence electrons. The summed E-state index contributed by atoms with van der Waals surface area (Å²) in [6.45, 7) is 9.81. The summed E-state index contributed by atoms with van der Waals surface area (Å²) in [7, 11) is 0. The lowest BCUT2D eigenvalue weighted by molar-refractivity contribution is 0.377. The highest BCUT2D eigenvalue weighted by Crippen LogP contribution is 2.23. The smallest absolute Gasteiger partial charge is 0.00425 e. The third-order valence-electron chi connectivity index (χ3n) is 1.93. The van der Waals surface area contributed by atoms with E-state index in [2.05, 4.69) is 33.8 Å². The summed E-state index contributed by atoms with van der Waals surface area (Å²) in [5.74, 6) is 0. The lowest BCUT2D eigenvalue weighted by Crippen LogP contribution is -2.04. The predicted molar refractivity (Wildman–Crippen MR) is 56.1 cm³/mol. The molecule has 0 heterocycles. The molecule has 0 rings (SSSR count). The van der Waals surface area contributed by atoms with Gasteiger partial charge in [0.2, 0.25) is 0 Å². The van der Waals surface area contributed by atoms with Crippen LogP contribution in [0.1, 0.15) is 47.0 Å². The van der Waals surface area contributed by atoms with Gasteiger partial charge in [0.25, 0.3) is 0 Å². The summed E-state index contributed by atoms with van der Waals surface area (Å²) in [6.07, 6.45) is 5.76. The average molecular weight is 169 g/mol. The van der Waals surface area contributed by atoms with Gasteiger partial charge >= 0.3 is 0 Å². The number of rotatable bonds is 4. The fourth-order valence-electron chi connectivity index (χ4n) is 1.00. The molecule has 0 amide bonds. The largest absolute Gasteiger partial charge is 0.330 e. The van der Waals surface area contributed by atoms with E-state index in [0.29, 0.717) is 5.41 Å². The van der Waals surface area contributed by atoms with Crippen LogP contribution in [0, 0.1) is 5.41 Å². The normalized spacial score (nSPS) is 13.6. The van der Waals surface area contributed by atoms with Crippen LogP contribution in [0.5, 0.6) is 0 Å². The predicted octanol–water partition coefficient (Wildman–Crippen LogP) is 3.11. The van der Waals surface area contributed by atoms with Crippen molar-refractivity contribution in [2.45, 2.75) is 47.0 Å². The highest BCUT2D eigenvalue weighted by atomic mass is 14.5. The van der Waals surface area contributed by atoms with E-state index in [1.807, 2.05) is 0 Å². The van der Waals surface area contributed by atoms with E-state index >= 15 is 0 Å². The molecule has 0 saturated heterocycles. The molecule has 1 nitrogen and oxygen atoms in total. The molecule has 0 fully saturated rings. The van der Waals surface area contributed by atoms with Gasteiger partial charge in [-0.3, -0.25) is 0 Å². The van der Waals surface area contributed by atoms with Crippen LogP contribution in [0.2, 0.25) is 0 Å². The second-order valence-electron chi connectivity index (χ2n) is 4.69. The van der Waals surface area contributed by atoms with Crippen LogP contribution in [-0.4, -0.2) is 6.54 Å². The Bertz CT molecular complexity index is 140. The maximum atomic E-state index is 5.41. The van der Waals surface area contributed by atoms with Crippen LogP contribution in [0.25, 0.3) is 0 Å². The Hall–Kier alpha value is -0.300. The van der Waals surface area contributed by atoms with Gasteiger partial charge in [-0.15, -0.1) is 0 Å². The minimum absolute atomic E-state index is 0.456. The van der Waals surface area contributed by atoms with Crippen molar-refractivity contribution in [3.63, 3.8) is 0 Å². The zero-order valence-electron chi connectivity index (χ0n) is 8.98. The summed E-state index contributed by atoms with van der Waals surface area (Å²) >= 11 is 0. The molecular formula is C11H23N. The maximum absolute atomic E-state index is 5.41. The summed E-state index contributed by atoms with van der Waals surface area (Å²) < 4.78 is 0. The van der Waals surface area contributed by atoms with Crippen molar-refractivity contribution in [2.24, 2.45) is 11.1 Å². The summed E-state index contributed by atoms with van der Waals surface area (Å²) in [5.41, 5.74) is 7.35. The van der Waals surface area contributed by atoms with Gasteiger partial charge in [-0.1, -0.05) is 32.4 Å². The molecule has 0 saturated carbocycles. The van der Waals surface area contributed by atoms with E-state index in [0.717, 1.165) is 13.0 Å². The fraction of sp³-hybridized carbons (Fsp3) is 0.818. The molecule has 0 aliphatic rings. The van der Waals surface area contributed by atoms with Crippen molar-refractivity contribution in [3.8, 4) is 0 Å². The number of hydrogen-bond donors (Lipinski definition) is 1. The highest BCUT2D eigenvalue weighted by molar-refractivity contribution is 4.98. The molecule has 0 aliphatic heterocycles. The molecule has 0 unspecified atom stereocenters. The molecule has 0 aromatic rings. The molecule has 12 heavy (non-hydrogen) atoms. The fourth-order valence-corrected chi connectivity index (χ4v) is 1.00. The molecular weight excluding hydrogens is 146 g/mol. The summed E-state index contributed by atoms with van der Waals surface area (Å²) in [4.78, 5) is 0. The molecule has 0 aromatic heterocycles. The Morgan fingerprint density at radius 2 is 1.92 bits per heavy atom. The Morgan fingerprint density at radius 1 is 1.33 bits per heavy atom. The van der Waals surface area contributed by atoms with E-state index in [1.165, 1.54) is 18.4 Å². The summed E-state index contributed by atoms with van der Waals surface area (Å²) in [6, 6.07) is 0. The average Bonchev–Trinajstić information content (AvgIpc) is 1.95. The van der Waals surface area contributed by atoms with Crippen molar-refractivity contribution in [1.82, 2.24) is 0 Å². The second-order valence-corrected chi connectivity index (χ2v) is 4.69. The van der Waals surface area contributed by atoms with Crippen LogP contribution in [0.15, 0.2) is 11.6 Å². The zero-order chi connectivity index (χ0) is 9.61. The Kier molecular flexibility index (Phi) is 5.23. The van der Waals surface area contributed by atoms with Gasteiger partial charge in [0.1, 0.15) is 0 Å². The van der Waals surface area contributed by atoms with Crippen molar-refractivity contribution >= 4 is 0 Å². The molecule has 2 N–H and O–H groups in total. The van der Waals surface area contributed by atoms with E-state index in [4.69, 9.17) is 5.73 Å². The second kappa shape index (κ2) is 5.36. The number of nitrogens with two attached hydrogens (primary N) is 1. The van der Waals surface area contributed by atoms with Gasteiger partial charge < -0.3 is 5.73 Å². The first-order valence-corrected chi connectivity index (χ1v) is 4.81. The van der Waals surface area contributed by atoms with Gasteiger partial charge in [0, 0.05) is 0 Å². The van der Waals surface area contributed by atoms with Gasteiger partial charge in [-0.2, -0.15) is 0 Å². The van der Waals surface area contributed by atoms with Crippen molar-refractivity contribution < 1.29 is 0 Å². The van der Waals surface area contributed by atoms with Crippen molar-refractivity contribution in [1.29, 1.82) is 0 Å². The molecule has 0 spiro atoms. The van der Waals surface area contributed by atoms with Crippen LogP contribution >= 0.6 is 0 Å². The zero-order valence-corrected chi connectivity index (χ0v) is 8.98. The summed E-state index contributed by atoms with van der Waals surface area (Å²) in [5, 5.41) is 0. The van der Waals surface area contributed by atoms with Gasteiger partial charge in [-0.25, -0.2) is 0 Å². The van der Waals surface area contributed by atoms with Crippen molar-refractivity contribution in [2.75, 3.05) is 6.54 Å². The van der Waals surface area contributed by atoms with Crippen LogP contribution in [0.4, 0.5) is 0 Å². The SMILES string of the molecule is CC(=CCCN)CCC(C)(C)C. The maximum Gasteiger partial charge on any atom is -0.00425 e. The quantitative estimate of drug-likeness (QED) is 0.643. The minimum atomic E-state index is 0.456. The Labute approximate surface area is 77.0 Å². The van der Waals surface area contributed by atoms with Crippen LogP contribution in [-0.2, 0) is 0 Å². The van der Waals surface area contributed by atoms with Gasteiger partial charge in [0.15, 0.2) is 0 Å². The lowest BCUT2D eigenvalue weighted by atomic mass is 9.89. The third kappa shape index (κ3) is 7.80. The van der Waals surface area contributed by atoms with Gasteiger partial charge in [0.05, 0.1) is 0 Å². The monoisotopic (exact) mass is 169 g/mol. The van der Waals surface area contributed by atoms with E-state index in [-0.39, 0.29) is 0 Å². The van der Waals surface area contributed by atoms with Crippen LogP contribution < -0.4 is 5.73 Å². The standard InChI is InChI=1S/C11H23N/c1-10(6-5-9-12)7-8-11(2,3)4/h6H,5,7-9,12H2,1-4H3. The minimum Gasteiger partial charge on any atom is -0.330 e. The first kappa shape index (κ1) is 11.7. The molecule has 0 bridgehead atoms. The first-order valence-electron chi connectivity index (χ1n) is 4.81. The van der Waals surface area contributed by atoms with Crippen LogP contribution in [0.3, 0.4) is 0 Å². The van der Waals surface area contributed by atoms with E-state index in [9.17, 15) is 0 Å². The molecule has 0 aromatic carbocycles. The molecule has 0 radical (unpaired) electrons. The van der Waals surface area contributed by atoms with E-state index < -0.39 is 0 Å². The number of hydrogen-bond acceptors (Lipinski definition) is 1.